The molecule has 4 rings (SSSR count). The van der Waals surface area contributed by atoms with E-state index in [9.17, 15) is 9.59 Å². The summed E-state index contributed by atoms with van der Waals surface area (Å²) in [4.78, 5) is 26.0. The van der Waals surface area contributed by atoms with Gasteiger partial charge in [-0.15, -0.1) is 11.3 Å². The number of hydrogen-bond donors (Lipinski definition) is 2. The molecule has 6 nitrogen and oxygen atoms in total. The number of hydrogen-bond acceptors (Lipinski definition) is 4. The highest BCUT2D eigenvalue weighted by atomic mass is 35.5. The molecule has 1 unspecified atom stereocenters. The van der Waals surface area contributed by atoms with Gasteiger partial charge in [-0.25, -0.2) is 0 Å². The number of amides is 2. The fraction of sp³-hybridized carbons (Fsp3) is 0.286. The highest BCUT2D eigenvalue weighted by Gasteiger charge is 2.26. The minimum atomic E-state index is -0.295. The average Bonchev–Trinajstić information content (AvgIpc) is 3.25. The number of carbonyl (C=O) groups is 2. The molecule has 2 heterocycles. The third kappa shape index (κ3) is 3.93. The molecule has 1 aromatic carbocycles. The number of anilines is 1. The molecular formula is C21H21ClN4O2S. The van der Waals surface area contributed by atoms with Crippen LogP contribution in [-0.4, -0.2) is 21.6 Å². The van der Waals surface area contributed by atoms with Gasteiger partial charge in [0.15, 0.2) is 0 Å². The van der Waals surface area contributed by atoms with E-state index in [1.165, 1.54) is 17.0 Å². The van der Waals surface area contributed by atoms with Crippen LogP contribution in [0.2, 0.25) is 5.02 Å². The number of carbonyl (C=O) groups excluding carboxylic acids is 2. The normalized spacial score (nSPS) is 15.6. The lowest BCUT2D eigenvalue weighted by Crippen LogP contribution is -2.30. The number of aromatic nitrogens is 2. The number of halogens is 1. The van der Waals surface area contributed by atoms with Crippen molar-refractivity contribution in [2.75, 3.05) is 5.32 Å². The lowest BCUT2D eigenvalue weighted by atomic mass is 9.93. The molecule has 2 amide bonds. The van der Waals surface area contributed by atoms with Gasteiger partial charge in [0.2, 0.25) is 0 Å². The third-order valence-corrected chi connectivity index (χ3v) is 6.64. The number of benzene rings is 1. The predicted octanol–water partition coefficient (Wildman–Crippen LogP) is 4.50. The predicted molar refractivity (Wildman–Crippen MR) is 115 cm³/mol. The Kier molecular flexibility index (Phi) is 5.43. The molecule has 8 heteroatoms. The average molecular weight is 429 g/mol. The van der Waals surface area contributed by atoms with Crippen LogP contribution < -0.4 is 10.6 Å². The van der Waals surface area contributed by atoms with Crippen molar-refractivity contribution in [2.24, 2.45) is 7.05 Å². The molecule has 0 saturated heterocycles. The number of nitrogens with one attached hydrogen (secondary N) is 2. The fourth-order valence-corrected chi connectivity index (χ4v) is 4.87. The van der Waals surface area contributed by atoms with Crippen molar-refractivity contribution in [2.45, 2.75) is 32.2 Å². The van der Waals surface area contributed by atoms with Gasteiger partial charge in [-0.1, -0.05) is 23.7 Å². The Morgan fingerprint density at radius 2 is 2.07 bits per heavy atom. The van der Waals surface area contributed by atoms with Gasteiger partial charge in [0.25, 0.3) is 11.8 Å². The summed E-state index contributed by atoms with van der Waals surface area (Å²) in [7, 11) is 1.93. The highest BCUT2D eigenvalue weighted by molar-refractivity contribution is 7.18. The summed E-state index contributed by atoms with van der Waals surface area (Å²) in [6.45, 7) is 1.87. The SMILES string of the molecule is Cc1cc(NC(=O)c2ccccc2Cl)sc1C(=O)NC1CCCc2c1cnn2C. The maximum atomic E-state index is 12.9. The molecule has 0 saturated carbocycles. The van der Waals surface area contributed by atoms with Crippen molar-refractivity contribution in [3.05, 3.63) is 68.8 Å². The van der Waals surface area contributed by atoms with Crippen LogP contribution >= 0.6 is 22.9 Å². The van der Waals surface area contributed by atoms with Gasteiger partial charge in [0, 0.05) is 18.3 Å². The fourth-order valence-electron chi connectivity index (χ4n) is 3.67. The van der Waals surface area contributed by atoms with Gasteiger partial charge in [-0.2, -0.15) is 5.10 Å². The maximum absolute atomic E-state index is 12.9. The summed E-state index contributed by atoms with van der Waals surface area (Å²) in [5.41, 5.74) is 3.49. The van der Waals surface area contributed by atoms with Crippen molar-refractivity contribution >= 4 is 39.8 Å². The van der Waals surface area contributed by atoms with Crippen LogP contribution in [-0.2, 0) is 13.5 Å². The first-order chi connectivity index (χ1) is 13.9. The van der Waals surface area contributed by atoms with Crippen LogP contribution in [0.4, 0.5) is 5.00 Å². The molecule has 0 aliphatic heterocycles. The molecule has 150 valence electrons. The van der Waals surface area contributed by atoms with E-state index in [-0.39, 0.29) is 17.9 Å². The Morgan fingerprint density at radius 1 is 1.28 bits per heavy atom. The van der Waals surface area contributed by atoms with Crippen molar-refractivity contribution in [1.29, 1.82) is 0 Å². The van der Waals surface area contributed by atoms with Crippen LogP contribution in [0.5, 0.6) is 0 Å². The Hall–Kier alpha value is -2.64. The number of fused-ring (bicyclic) bond motifs is 1. The summed E-state index contributed by atoms with van der Waals surface area (Å²) < 4.78 is 1.88. The monoisotopic (exact) mass is 428 g/mol. The second-order valence-electron chi connectivity index (χ2n) is 7.15. The van der Waals surface area contributed by atoms with Gasteiger partial charge >= 0.3 is 0 Å². The van der Waals surface area contributed by atoms with E-state index in [2.05, 4.69) is 15.7 Å². The van der Waals surface area contributed by atoms with Crippen molar-refractivity contribution < 1.29 is 9.59 Å². The maximum Gasteiger partial charge on any atom is 0.262 e. The van der Waals surface area contributed by atoms with E-state index in [4.69, 9.17) is 11.6 Å². The van der Waals surface area contributed by atoms with Crippen molar-refractivity contribution in [3.8, 4) is 0 Å². The molecule has 2 aromatic heterocycles. The summed E-state index contributed by atoms with van der Waals surface area (Å²) in [5.74, 6) is -0.427. The molecule has 0 fully saturated rings. The summed E-state index contributed by atoms with van der Waals surface area (Å²) in [6, 6.07) is 8.64. The molecule has 1 aliphatic rings. The first-order valence-electron chi connectivity index (χ1n) is 9.42. The zero-order valence-electron chi connectivity index (χ0n) is 16.2. The zero-order chi connectivity index (χ0) is 20.5. The second-order valence-corrected chi connectivity index (χ2v) is 8.60. The van der Waals surface area contributed by atoms with E-state index in [1.807, 2.05) is 30.9 Å². The number of rotatable bonds is 4. The number of nitrogens with zero attached hydrogens (tertiary/aromatic N) is 2. The summed E-state index contributed by atoms with van der Waals surface area (Å²) in [6.07, 6.45) is 4.73. The van der Waals surface area contributed by atoms with E-state index in [0.717, 1.165) is 30.4 Å². The van der Waals surface area contributed by atoms with E-state index in [1.54, 1.807) is 24.3 Å². The third-order valence-electron chi connectivity index (χ3n) is 5.16. The highest BCUT2D eigenvalue weighted by Crippen LogP contribution is 2.32. The Morgan fingerprint density at radius 3 is 2.86 bits per heavy atom. The van der Waals surface area contributed by atoms with E-state index in [0.29, 0.717) is 20.5 Å². The molecule has 1 aliphatic carbocycles. The van der Waals surface area contributed by atoms with Crippen LogP contribution in [0.15, 0.2) is 36.5 Å². The van der Waals surface area contributed by atoms with Crippen LogP contribution in [0.25, 0.3) is 0 Å². The zero-order valence-corrected chi connectivity index (χ0v) is 17.7. The van der Waals surface area contributed by atoms with Crippen LogP contribution in [0.1, 0.15) is 55.7 Å². The minimum Gasteiger partial charge on any atom is -0.344 e. The first-order valence-corrected chi connectivity index (χ1v) is 10.6. The van der Waals surface area contributed by atoms with Gasteiger partial charge in [-0.3, -0.25) is 14.3 Å². The van der Waals surface area contributed by atoms with Gasteiger partial charge in [0.1, 0.15) is 0 Å². The van der Waals surface area contributed by atoms with E-state index < -0.39 is 0 Å². The smallest absolute Gasteiger partial charge is 0.262 e. The molecule has 2 N–H and O–H groups in total. The van der Waals surface area contributed by atoms with E-state index >= 15 is 0 Å². The van der Waals surface area contributed by atoms with Gasteiger partial charge in [-0.05, 0) is 49.9 Å². The lowest BCUT2D eigenvalue weighted by Gasteiger charge is -2.23. The second kappa shape index (κ2) is 8.00. The molecule has 29 heavy (non-hydrogen) atoms. The molecular weight excluding hydrogens is 408 g/mol. The molecule has 0 radical (unpaired) electrons. The topological polar surface area (TPSA) is 76.0 Å². The number of aryl methyl sites for hydroxylation is 2. The van der Waals surface area contributed by atoms with Crippen molar-refractivity contribution in [1.82, 2.24) is 15.1 Å². The minimum absolute atomic E-state index is 0.0392. The summed E-state index contributed by atoms with van der Waals surface area (Å²) >= 11 is 7.36. The first kappa shape index (κ1) is 19.7. The van der Waals surface area contributed by atoms with Crippen LogP contribution in [0, 0.1) is 6.92 Å². The molecule has 0 bridgehead atoms. The standard InChI is InChI=1S/C21H21ClN4O2S/c1-12-10-18(25-20(27)13-6-3-4-7-15(13)22)29-19(12)21(28)24-16-8-5-9-17-14(16)11-23-26(17)2/h3-4,6-7,10-11,16H,5,8-9H2,1-2H3,(H,24,28)(H,25,27). The molecule has 0 spiro atoms. The quantitative estimate of drug-likeness (QED) is 0.642. The Bertz CT molecular complexity index is 1090. The Labute approximate surface area is 177 Å². The van der Waals surface area contributed by atoms with Gasteiger partial charge in [0.05, 0.1) is 32.7 Å². The summed E-state index contributed by atoms with van der Waals surface area (Å²) in [5, 5.41) is 11.3. The Balaban J connectivity index is 1.49. The van der Waals surface area contributed by atoms with Crippen LogP contribution in [0.3, 0.4) is 0 Å². The van der Waals surface area contributed by atoms with Gasteiger partial charge < -0.3 is 10.6 Å². The lowest BCUT2D eigenvalue weighted by molar-refractivity contribution is 0.0935. The molecule has 3 aromatic rings. The van der Waals surface area contributed by atoms with Crippen molar-refractivity contribution in [3.63, 3.8) is 0 Å². The molecule has 1 atom stereocenters. The number of thiophene rings is 1. The largest absolute Gasteiger partial charge is 0.344 e.